The highest BCUT2D eigenvalue weighted by molar-refractivity contribution is 7.96. The fourth-order valence-electron chi connectivity index (χ4n) is 6.22. The van der Waals surface area contributed by atoms with Gasteiger partial charge in [0.2, 0.25) is 11.6 Å². The van der Waals surface area contributed by atoms with Crippen LogP contribution in [0, 0.1) is 6.92 Å². The van der Waals surface area contributed by atoms with Crippen LogP contribution in [0.4, 0.5) is 0 Å². The number of nitrogens with zero attached hydrogens (tertiary/aromatic N) is 3. The molecule has 42 heavy (non-hydrogen) atoms. The zero-order valence-corrected chi connectivity index (χ0v) is 24.4. The van der Waals surface area contributed by atoms with Crippen LogP contribution in [0.25, 0.3) is 16.8 Å². The SMILES string of the molecule is Cc1nc2n(Cc3ccccc3)c3ccccc3n2c1C(=O)C[P+](c1ccccc1)(c1ccccc1)c1ccccc1. The summed E-state index contributed by atoms with van der Waals surface area (Å²) in [6.07, 6.45) is 0.373. The molecule has 0 aliphatic heterocycles. The van der Waals surface area contributed by atoms with E-state index in [9.17, 15) is 4.79 Å². The van der Waals surface area contributed by atoms with E-state index in [0.717, 1.165) is 22.5 Å². The van der Waals surface area contributed by atoms with Gasteiger partial charge in [0, 0.05) is 0 Å². The maximum Gasteiger partial charge on any atom is 0.219 e. The maximum absolute atomic E-state index is 14.8. The number of para-hydroxylation sites is 2. The van der Waals surface area contributed by atoms with Gasteiger partial charge in [0.15, 0.2) is 0 Å². The summed E-state index contributed by atoms with van der Waals surface area (Å²) in [4.78, 5) is 19.9. The van der Waals surface area contributed by atoms with E-state index in [-0.39, 0.29) is 5.78 Å². The molecule has 204 valence electrons. The van der Waals surface area contributed by atoms with Gasteiger partial charge >= 0.3 is 0 Å². The van der Waals surface area contributed by atoms with Crippen molar-refractivity contribution < 1.29 is 4.79 Å². The summed E-state index contributed by atoms with van der Waals surface area (Å²) in [5.41, 5.74) is 4.68. The number of hydrogen-bond acceptors (Lipinski definition) is 2. The van der Waals surface area contributed by atoms with E-state index < -0.39 is 7.26 Å². The Balaban J connectivity index is 1.44. The summed E-state index contributed by atoms with van der Waals surface area (Å²) >= 11 is 0. The summed E-state index contributed by atoms with van der Waals surface area (Å²) in [7, 11) is -2.35. The Hall–Kier alpha value is -4.79. The maximum atomic E-state index is 14.8. The molecule has 0 spiro atoms. The van der Waals surface area contributed by atoms with E-state index in [0.29, 0.717) is 18.4 Å². The average molecular weight is 565 g/mol. The first-order valence-corrected chi connectivity index (χ1v) is 16.2. The highest BCUT2D eigenvalue weighted by Gasteiger charge is 2.48. The van der Waals surface area contributed by atoms with E-state index in [4.69, 9.17) is 4.98 Å². The molecule has 0 aliphatic carbocycles. The van der Waals surface area contributed by atoms with Gasteiger partial charge in [-0.2, -0.15) is 0 Å². The summed E-state index contributed by atoms with van der Waals surface area (Å²) in [5.74, 6) is 0.900. The Morgan fingerprint density at radius 2 is 1.07 bits per heavy atom. The molecule has 2 aromatic heterocycles. The van der Waals surface area contributed by atoms with Crippen LogP contribution in [0.1, 0.15) is 21.7 Å². The van der Waals surface area contributed by atoms with Crippen LogP contribution in [0.15, 0.2) is 146 Å². The van der Waals surface area contributed by atoms with Crippen molar-refractivity contribution in [2.75, 3.05) is 6.16 Å². The number of carbonyl (C=O) groups is 1. The van der Waals surface area contributed by atoms with Gasteiger partial charge in [-0.1, -0.05) is 97.1 Å². The zero-order valence-electron chi connectivity index (χ0n) is 23.5. The molecule has 0 saturated carbocycles. The third kappa shape index (κ3) is 4.36. The summed E-state index contributed by atoms with van der Waals surface area (Å²) in [6.45, 7) is 2.65. The second-order valence-corrected chi connectivity index (χ2v) is 14.1. The molecule has 5 aromatic carbocycles. The van der Waals surface area contributed by atoms with E-state index in [1.54, 1.807) is 0 Å². The molecular weight excluding hydrogens is 533 g/mol. The second-order valence-electron chi connectivity index (χ2n) is 10.6. The Kier molecular flexibility index (Phi) is 6.77. The Labute approximate surface area is 246 Å². The highest BCUT2D eigenvalue weighted by Crippen LogP contribution is 2.55. The number of imidazole rings is 2. The molecule has 5 heteroatoms. The summed E-state index contributed by atoms with van der Waals surface area (Å²) in [6, 6.07) is 50.5. The van der Waals surface area contributed by atoms with Crippen LogP contribution in [0.5, 0.6) is 0 Å². The van der Waals surface area contributed by atoms with Crippen LogP contribution in [-0.4, -0.2) is 25.9 Å². The summed E-state index contributed by atoms with van der Waals surface area (Å²) in [5, 5.41) is 3.59. The lowest BCUT2D eigenvalue weighted by Gasteiger charge is -2.27. The topological polar surface area (TPSA) is 39.3 Å². The van der Waals surface area contributed by atoms with E-state index in [1.165, 1.54) is 21.5 Å². The molecule has 0 fully saturated rings. The number of benzene rings is 5. The van der Waals surface area contributed by atoms with Crippen molar-refractivity contribution in [3.8, 4) is 0 Å². The van der Waals surface area contributed by atoms with Crippen molar-refractivity contribution in [2.24, 2.45) is 0 Å². The standard InChI is InChI=1S/C37H31N3OP/c1-28-36(40-34-25-15-14-24-33(34)39(37(40)38-28)26-29-16-6-2-7-17-29)35(41)27-42(30-18-8-3-9-19-30,31-20-10-4-11-21-31)32-22-12-5-13-23-32/h2-25H,26-27H2,1H3/q+1. The molecule has 0 amide bonds. The van der Waals surface area contributed by atoms with Crippen molar-refractivity contribution in [1.82, 2.24) is 14.0 Å². The molecule has 0 N–H and O–H groups in total. The molecule has 7 aromatic rings. The van der Waals surface area contributed by atoms with Gasteiger partial charge in [-0.3, -0.25) is 9.20 Å². The van der Waals surface area contributed by atoms with Gasteiger partial charge in [-0.05, 0) is 61.0 Å². The third-order valence-corrected chi connectivity index (χ3v) is 12.4. The zero-order chi connectivity index (χ0) is 28.5. The van der Waals surface area contributed by atoms with Crippen LogP contribution < -0.4 is 15.9 Å². The van der Waals surface area contributed by atoms with Crippen molar-refractivity contribution in [1.29, 1.82) is 0 Å². The number of Topliss-reactive ketones (excluding diaryl/α,β-unsaturated/α-hetero) is 1. The normalized spacial score (nSPS) is 11.7. The number of fused-ring (bicyclic) bond motifs is 3. The molecular formula is C37H31N3OP+. The Bertz CT molecular complexity index is 1900. The lowest BCUT2D eigenvalue weighted by atomic mass is 10.2. The van der Waals surface area contributed by atoms with Gasteiger partial charge in [0.1, 0.15) is 35.0 Å². The quantitative estimate of drug-likeness (QED) is 0.150. The molecule has 0 radical (unpaired) electrons. The average Bonchev–Trinajstić information content (AvgIpc) is 3.54. The first-order chi connectivity index (χ1) is 20.7. The van der Waals surface area contributed by atoms with Gasteiger partial charge in [0.25, 0.3) is 0 Å². The number of hydrogen-bond donors (Lipinski definition) is 0. The second kappa shape index (κ2) is 10.9. The van der Waals surface area contributed by atoms with Crippen LogP contribution in [0.3, 0.4) is 0 Å². The van der Waals surface area contributed by atoms with Crippen LogP contribution in [0.2, 0.25) is 0 Å². The molecule has 4 nitrogen and oxygen atoms in total. The minimum absolute atomic E-state index is 0.104. The molecule has 0 atom stereocenters. The molecule has 0 aliphatic rings. The summed E-state index contributed by atoms with van der Waals surface area (Å²) < 4.78 is 4.31. The van der Waals surface area contributed by atoms with Crippen LogP contribution in [-0.2, 0) is 6.54 Å². The van der Waals surface area contributed by atoms with Gasteiger partial charge < -0.3 is 4.57 Å². The van der Waals surface area contributed by atoms with Crippen LogP contribution >= 0.6 is 7.26 Å². The lowest BCUT2D eigenvalue weighted by Crippen LogP contribution is -2.36. The molecule has 0 saturated heterocycles. The number of aryl methyl sites for hydroxylation is 1. The van der Waals surface area contributed by atoms with Crippen molar-refractivity contribution in [3.63, 3.8) is 0 Å². The van der Waals surface area contributed by atoms with Crippen molar-refractivity contribution in [3.05, 3.63) is 163 Å². The third-order valence-electron chi connectivity index (χ3n) is 8.11. The van der Waals surface area contributed by atoms with E-state index in [2.05, 4.69) is 118 Å². The van der Waals surface area contributed by atoms with E-state index >= 15 is 0 Å². The van der Waals surface area contributed by atoms with Crippen molar-refractivity contribution >= 4 is 45.8 Å². The first kappa shape index (κ1) is 26.1. The molecule has 2 heterocycles. The minimum atomic E-state index is -2.35. The predicted octanol–water partition coefficient (Wildman–Crippen LogP) is 6.82. The number of ketones is 1. The first-order valence-electron chi connectivity index (χ1n) is 14.2. The largest absolute Gasteiger partial charge is 0.305 e. The monoisotopic (exact) mass is 564 g/mol. The highest BCUT2D eigenvalue weighted by atomic mass is 31.2. The van der Waals surface area contributed by atoms with Gasteiger partial charge in [-0.25, -0.2) is 4.98 Å². The number of carbonyl (C=O) groups excluding carboxylic acids is 1. The molecule has 0 unspecified atom stereocenters. The van der Waals surface area contributed by atoms with Gasteiger partial charge in [-0.15, -0.1) is 0 Å². The molecule has 7 rings (SSSR count). The fourth-order valence-corrected chi connectivity index (χ4v) is 10.3. The fraction of sp³-hybridized carbons (Fsp3) is 0.0811. The minimum Gasteiger partial charge on any atom is -0.305 e. The number of rotatable bonds is 8. The Morgan fingerprint density at radius 1 is 0.619 bits per heavy atom. The Morgan fingerprint density at radius 3 is 1.60 bits per heavy atom. The van der Waals surface area contributed by atoms with Crippen molar-refractivity contribution in [2.45, 2.75) is 13.5 Å². The predicted molar refractivity (Wildman–Crippen MR) is 175 cm³/mol. The molecule has 0 bridgehead atoms. The lowest BCUT2D eigenvalue weighted by molar-refractivity contribution is 0.101. The smallest absolute Gasteiger partial charge is 0.219 e. The van der Waals surface area contributed by atoms with E-state index in [1.807, 2.05) is 43.3 Å². The van der Waals surface area contributed by atoms with Gasteiger partial charge in [0.05, 0.1) is 23.3 Å². The number of aromatic nitrogens is 3.